The van der Waals surface area contributed by atoms with Crippen molar-refractivity contribution < 1.29 is 9.18 Å². The molecule has 8 heteroatoms. The molecule has 0 atom stereocenters. The van der Waals surface area contributed by atoms with Gasteiger partial charge in [0.25, 0.3) is 11.5 Å². The monoisotopic (exact) mass is 374 g/mol. The first-order valence-electron chi connectivity index (χ1n) is 8.79. The maximum atomic E-state index is 13.7. The number of nitrogens with zero attached hydrogens (tertiary/aromatic N) is 4. The van der Waals surface area contributed by atoms with Crippen molar-refractivity contribution in [1.29, 1.82) is 0 Å². The number of aryl methyl sites for hydroxylation is 1. The van der Waals surface area contributed by atoms with Crippen LogP contribution in [0.15, 0.2) is 27.8 Å². The maximum absolute atomic E-state index is 13.7. The van der Waals surface area contributed by atoms with Gasteiger partial charge in [0.2, 0.25) is 0 Å². The van der Waals surface area contributed by atoms with E-state index >= 15 is 0 Å². The molecule has 1 aliphatic rings. The summed E-state index contributed by atoms with van der Waals surface area (Å²) in [6.45, 7) is 5.16. The Balaban J connectivity index is 1.80. The average molecular weight is 374 g/mol. The fourth-order valence-corrected chi connectivity index (χ4v) is 3.33. The van der Waals surface area contributed by atoms with Gasteiger partial charge >= 0.3 is 5.69 Å². The first kappa shape index (κ1) is 18.9. The van der Waals surface area contributed by atoms with Crippen LogP contribution in [0.25, 0.3) is 0 Å². The molecule has 0 unspecified atom stereocenters. The second-order valence-corrected chi connectivity index (χ2v) is 6.88. The number of piperazine rings is 1. The largest absolute Gasteiger partial charge is 0.362 e. The molecule has 0 radical (unpaired) electrons. The highest BCUT2D eigenvalue weighted by atomic mass is 19.1. The number of rotatable bonds is 2. The predicted octanol–water partition coefficient (Wildman–Crippen LogP) is 0.802. The van der Waals surface area contributed by atoms with Gasteiger partial charge in [-0.3, -0.25) is 18.7 Å². The Hall–Kier alpha value is -2.90. The molecule has 1 aliphatic heterocycles. The average Bonchev–Trinajstić information content (AvgIpc) is 2.67. The molecule has 2 aromatic rings. The van der Waals surface area contributed by atoms with Crippen LogP contribution in [0.1, 0.15) is 21.6 Å². The van der Waals surface area contributed by atoms with Crippen LogP contribution >= 0.6 is 0 Å². The Morgan fingerprint density at radius 1 is 1.00 bits per heavy atom. The molecule has 0 aliphatic carbocycles. The van der Waals surface area contributed by atoms with Crippen molar-refractivity contribution >= 4 is 11.6 Å². The Morgan fingerprint density at radius 3 is 2.22 bits per heavy atom. The zero-order valence-electron chi connectivity index (χ0n) is 16.0. The summed E-state index contributed by atoms with van der Waals surface area (Å²) < 4.78 is 16.3. The number of hydrogen-bond acceptors (Lipinski definition) is 4. The van der Waals surface area contributed by atoms with Crippen molar-refractivity contribution in [3.63, 3.8) is 0 Å². The number of hydrogen-bond donors (Lipinski definition) is 0. The molecular weight excluding hydrogens is 351 g/mol. The highest BCUT2D eigenvalue weighted by molar-refractivity contribution is 5.94. The SMILES string of the molecule is Cc1ccc(C(=O)N2CCN(c3c(C)n(C)c(=O)n(C)c3=O)CC2)cc1F. The number of halogens is 1. The Morgan fingerprint density at radius 2 is 1.63 bits per heavy atom. The van der Waals surface area contributed by atoms with Crippen molar-refractivity contribution in [2.45, 2.75) is 13.8 Å². The second-order valence-electron chi connectivity index (χ2n) is 6.88. The van der Waals surface area contributed by atoms with Crippen molar-refractivity contribution in [2.24, 2.45) is 14.1 Å². The summed E-state index contributed by atoms with van der Waals surface area (Å²) in [4.78, 5) is 40.7. The van der Waals surface area contributed by atoms with Crippen LogP contribution in [0, 0.1) is 19.7 Å². The molecule has 7 nitrogen and oxygen atoms in total. The lowest BCUT2D eigenvalue weighted by atomic mass is 10.1. The zero-order valence-corrected chi connectivity index (χ0v) is 16.0. The summed E-state index contributed by atoms with van der Waals surface area (Å²) in [7, 11) is 3.09. The summed E-state index contributed by atoms with van der Waals surface area (Å²) in [5.41, 5.74) is 1.20. The topological polar surface area (TPSA) is 67.6 Å². The van der Waals surface area contributed by atoms with Crippen LogP contribution in [0.2, 0.25) is 0 Å². The number of benzene rings is 1. The van der Waals surface area contributed by atoms with Crippen molar-refractivity contribution in [3.05, 3.63) is 61.7 Å². The van der Waals surface area contributed by atoms with E-state index in [-0.39, 0.29) is 17.2 Å². The molecule has 2 heterocycles. The number of amides is 1. The van der Waals surface area contributed by atoms with E-state index in [2.05, 4.69) is 0 Å². The molecule has 1 aromatic heterocycles. The van der Waals surface area contributed by atoms with E-state index in [1.807, 2.05) is 4.90 Å². The van der Waals surface area contributed by atoms with Gasteiger partial charge in [0.1, 0.15) is 11.5 Å². The van der Waals surface area contributed by atoms with Gasteiger partial charge in [-0.1, -0.05) is 6.07 Å². The van der Waals surface area contributed by atoms with Crippen LogP contribution in [-0.4, -0.2) is 46.1 Å². The van der Waals surface area contributed by atoms with Gasteiger partial charge in [-0.05, 0) is 31.5 Å². The second kappa shape index (κ2) is 7.02. The summed E-state index contributed by atoms with van der Waals surface area (Å²) in [6.07, 6.45) is 0. The number of carbonyl (C=O) groups excluding carboxylic acids is 1. The quantitative estimate of drug-likeness (QED) is 0.780. The minimum absolute atomic E-state index is 0.223. The third-order valence-corrected chi connectivity index (χ3v) is 5.23. The first-order chi connectivity index (χ1) is 12.7. The lowest BCUT2D eigenvalue weighted by Crippen LogP contribution is -2.52. The third kappa shape index (κ3) is 3.27. The lowest BCUT2D eigenvalue weighted by Gasteiger charge is -2.36. The lowest BCUT2D eigenvalue weighted by molar-refractivity contribution is 0.0746. The van der Waals surface area contributed by atoms with E-state index in [4.69, 9.17) is 0 Å². The van der Waals surface area contributed by atoms with E-state index in [1.54, 1.807) is 37.9 Å². The van der Waals surface area contributed by atoms with Crippen LogP contribution in [-0.2, 0) is 14.1 Å². The van der Waals surface area contributed by atoms with Crippen molar-refractivity contribution in [2.75, 3.05) is 31.1 Å². The van der Waals surface area contributed by atoms with E-state index in [0.29, 0.717) is 48.7 Å². The van der Waals surface area contributed by atoms with Crippen LogP contribution in [0.5, 0.6) is 0 Å². The van der Waals surface area contributed by atoms with Gasteiger partial charge in [-0.25, -0.2) is 9.18 Å². The van der Waals surface area contributed by atoms with E-state index in [9.17, 15) is 18.8 Å². The van der Waals surface area contributed by atoms with Gasteiger partial charge in [-0.2, -0.15) is 0 Å². The van der Waals surface area contributed by atoms with E-state index in [1.165, 1.54) is 17.7 Å². The van der Waals surface area contributed by atoms with Crippen LogP contribution < -0.4 is 16.1 Å². The van der Waals surface area contributed by atoms with Gasteiger partial charge in [-0.15, -0.1) is 0 Å². The van der Waals surface area contributed by atoms with Crippen LogP contribution in [0.3, 0.4) is 0 Å². The number of anilines is 1. The molecule has 27 heavy (non-hydrogen) atoms. The first-order valence-corrected chi connectivity index (χ1v) is 8.79. The molecule has 0 N–H and O–H groups in total. The minimum Gasteiger partial charge on any atom is -0.362 e. The molecule has 144 valence electrons. The molecule has 1 amide bonds. The summed E-state index contributed by atoms with van der Waals surface area (Å²) in [5.74, 6) is -0.623. The highest BCUT2D eigenvalue weighted by Crippen LogP contribution is 2.17. The van der Waals surface area contributed by atoms with Crippen LogP contribution in [0.4, 0.5) is 10.1 Å². The zero-order chi connectivity index (χ0) is 19.9. The fraction of sp³-hybridized carbons (Fsp3) is 0.421. The summed E-state index contributed by atoms with van der Waals surface area (Å²) in [6, 6.07) is 4.48. The minimum atomic E-state index is -0.399. The smallest absolute Gasteiger partial charge is 0.330 e. The van der Waals surface area contributed by atoms with Gasteiger partial charge in [0.15, 0.2) is 0 Å². The summed E-state index contributed by atoms with van der Waals surface area (Å²) >= 11 is 0. The molecule has 1 saturated heterocycles. The van der Waals surface area contributed by atoms with E-state index < -0.39 is 5.82 Å². The van der Waals surface area contributed by atoms with Crippen molar-refractivity contribution in [3.8, 4) is 0 Å². The number of carbonyl (C=O) groups is 1. The molecule has 1 aromatic carbocycles. The molecule has 0 saturated carbocycles. The molecule has 1 fully saturated rings. The molecule has 3 rings (SSSR count). The molecular formula is C19H23FN4O3. The third-order valence-electron chi connectivity index (χ3n) is 5.23. The summed E-state index contributed by atoms with van der Waals surface area (Å²) in [5, 5.41) is 0. The van der Waals surface area contributed by atoms with E-state index in [0.717, 1.165) is 4.57 Å². The Labute approximate surface area is 156 Å². The molecule has 0 bridgehead atoms. The van der Waals surface area contributed by atoms with Gasteiger partial charge in [0, 0.05) is 51.5 Å². The highest BCUT2D eigenvalue weighted by Gasteiger charge is 2.26. The Bertz CT molecular complexity index is 1020. The Kier molecular flexibility index (Phi) is 4.91. The number of aromatic nitrogens is 2. The van der Waals surface area contributed by atoms with Crippen molar-refractivity contribution in [1.82, 2.24) is 14.0 Å². The predicted molar refractivity (Wildman–Crippen MR) is 101 cm³/mol. The van der Waals surface area contributed by atoms with Gasteiger partial charge in [0.05, 0.1) is 0 Å². The fourth-order valence-electron chi connectivity index (χ4n) is 3.33. The maximum Gasteiger partial charge on any atom is 0.330 e. The molecule has 0 spiro atoms. The standard InChI is InChI=1S/C19H23FN4O3/c1-12-5-6-14(11-15(12)20)17(25)24-9-7-23(8-10-24)16-13(2)21(3)19(27)22(4)18(16)26/h5-6,11H,7-10H2,1-4H3. The van der Waals surface area contributed by atoms with Gasteiger partial charge < -0.3 is 9.80 Å². The normalized spacial score (nSPS) is 14.6.